The van der Waals surface area contributed by atoms with Crippen LogP contribution in [0.15, 0.2) is 65.7 Å². The minimum Gasteiger partial charge on any atom is -0.370 e. The molecule has 2 aromatic rings. The summed E-state index contributed by atoms with van der Waals surface area (Å²) in [6.07, 6.45) is -0.603. The first-order chi connectivity index (χ1) is 9.66. The SMILES string of the molecule is NC(N)=NC(NC(=O)c1ccccc1)c1ccccc1. The summed E-state index contributed by atoms with van der Waals surface area (Å²) in [6.45, 7) is 0. The summed E-state index contributed by atoms with van der Waals surface area (Å²) in [5.74, 6) is -0.309. The highest BCUT2D eigenvalue weighted by Gasteiger charge is 2.14. The third-order valence-electron chi connectivity index (χ3n) is 2.70. The lowest BCUT2D eigenvalue weighted by molar-refractivity contribution is 0.0938. The maximum absolute atomic E-state index is 12.1. The van der Waals surface area contributed by atoms with Crippen molar-refractivity contribution in [2.45, 2.75) is 6.17 Å². The third-order valence-corrected chi connectivity index (χ3v) is 2.70. The van der Waals surface area contributed by atoms with Crippen LogP contribution in [0.25, 0.3) is 0 Å². The van der Waals surface area contributed by atoms with Gasteiger partial charge in [-0.05, 0) is 17.7 Å². The van der Waals surface area contributed by atoms with Crippen LogP contribution in [0.4, 0.5) is 0 Å². The van der Waals surface area contributed by atoms with Crippen molar-refractivity contribution in [2.24, 2.45) is 16.5 Å². The zero-order chi connectivity index (χ0) is 14.4. The lowest BCUT2D eigenvalue weighted by atomic mass is 10.1. The van der Waals surface area contributed by atoms with Gasteiger partial charge in [0.05, 0.1) is 0 Å². The second kappa shape index (κ2) is 6.38. The standard InChI is InChI=1S/C15H16N4O/c16-15(17)19-13(11-7-3-1-4-8-11)18-14(20)12-9-5-2-6-10-12/h1-10,13H,(H,18,20)(H4,16,17,19). The summed E-state index contributed by atoms with van der Waals surface area (Å²) in [6, 6.07) is 18.2. The van der Waals surface area contributed by atoms with Crippen LogP contribution < -0.4 is 16.8 Å². The third kappa shape index (κ3) is 3.58. The van der Waals surface area contributed by atoms with Gasteiger partial charge >= 0.3 is 0 Å². The molecule has 0 heterocycles. The highest BCUT2D eigenvalue weighted by molar-refractivity contribution is 5.94. The van der Waals surface area contributed by atoms with Gasteiger partial charge in [-0.1, -0.05) is 48.5 Å². The summed E-state index contributed by atoms with van der Waals surface area (Å²) in [5.41, 5.74) is 12.2. The minimum atomic E-state index is -0.603. The number of nitrogens with one attached hydrogen (secondary N) is 1. The molecule has 5 heteroatoms. The highest BCUT2D eigenvalue weighted by atomic mass is 16.1. The van der Waals surface area contributed by atoms with E-state index >= 15 is 0 Å². The Balaban J connectivity index is 2.21. The van der Waals surface area contributed by atoms with Crippen LogP contribution in [0.3, 0.4) is 0 Å². The smallest absolute Gasteiger partial charge is 0.253 e. The first-order valence-corrected chi connectivity index (χ1v) is 6.16. The number of carbonyl (C=O) groups excluding carboxylic acids is 1. The zero-order valence-electron chi connectivity index (χ0n) is 10.9. The summed E-state index contributed by atoms with van der Waals surface area (Å²) < 4.78 is 0. The quantitative estimate of drug-likeness (QED) is 0.577. The van der Waals surface area contributed by atoms with Crippen molar-refractivity contribution in [1.82, 2.24) is 5.32 Å². The van der Waals surface area contributed by atoms with E-state index in [0.717, 1.165) is 5.56 Å². The normalized spacial score (nSPS) is 11.4. The van der Waals surface area contributed by atoms with E-state index in [9.17, 15) is 4.79 Å². The fraction of sp³-hybridized carbons (Fsp3) is 0.0667. The highest BCUT2D eigenvalue weighted by Crippen LogP contribution is 2.14. The summed E-state index contributed by atoms with van der Waals surface area (Å²) in [4.78, 5) is 16.2. The van der Waals surface area contributed by atoms with Crippen molar-refractivity contribution in [3.05, 3.63) is 71.8 Å². The van der Waals surface area contributed by atoms with Crippen LogP contribution in [0.1, 0.15) is 22.1 Å². The van der Waals surface area contributed by atoms with Crippen LogP contribution in [-0.4, -0.2) is 11.9 Å². The molecule has 0 radical (unpaired) electrons. The van der Waals surface area contributed by atoms with Crippen molar-refractivity contribution in [3.8, 4) is 0 Å². The Morgan fingerprint density at radius 3 is 2.05 bits per heavy atom. The molecule has 0 bridgehead atoms. The lowest BCUT2D eigenvalue weighted by Gasteiger charge is -2.15. The molecule has 0 saturated carbocycles. The van der Waals surface area contributed by atoms with Crippen LogP contribution >= 0.6 is 0 Å². The molecule has 0 saturated heterocycles. The molecule has 5 N–H and O–H groups in total. The number of aliphatic imine (C=N–C) groups is 1. The van der Waals surface area contributed by atoms with E-state index in [1.54, 1.807) is 24.3 Å². The molecule has 5 nitrogen and oxygen atoms in total. The molecular weight excluding hydrogens is 252 g/mol. The molecular formula is C15H16N4O. The first kappa shape index (κ1) is 13.6. The second-order valence-electron chi connectivity index (χ2n) is 4.21. The van der Waals surface area contributed by atoms with Gasteiger partial charge in [-0.15, -0.1) is 0 Å². The van der Waals surface area contributed by atoms with Crippen molar-refractivity contribution in [2.75, 3.05) is 0 Å². The van der Waals surface area contributed by atoms with Gasteiger partial charge in [-0.25, -0.2) is 4.99 Å². The molecule has 1 unspecified atom stereocenters. The number of guanidine groups is 1. The van der Waals surface area contributed by atoms with E-state index < -0.39 is 6.17 Å². The monoisotopic (exact) mass is 268 g/mol. The van der Waals surface area contributed by atoms with Crippen molar-refractivity contribution in [3.63, 3.8) is 0 Å². The Morgan fingerprint density at radius 2 is 1.50 bits per heavy atom. The molecule has 0 spiro atoms. The van der Waals surface area contributed by atoms with Gasteiger partial charge in [-0.2, -0.15) is 0 Å². The molecule has 0 aliphatic heterocycles. The number of hydrogen-bond acceptors (Lipinski definition) is 2. The maximum atomic E-state index is 12.1. The van der Waals surface area contributed by atoms with Crippen molar-refractivity contribution < 1.29 is 4.79 Å². The van der Waals surface area contributed by atoms with E-state index in [0.29, 0.717) is 5.56 Å². The van der Waals surface area contributed by atoms with Gasteiger partial charge in [0.15, 0.2) is 12.1 Å². The molecule has 102 valence electrons. The topological polar surface area (TPSA) is 93.5 Å². The average molecular weight is 268 g/mol. The molecule has 1 amide bonds. The molecule has 0 fully saturated rings. The van der Waals surface area contributed by atoms with Gasteiger partial charge in [0.25, 0.3) is 5.91 Å². The Labute approximate surface area is 117 Å². The molecule has 2 rings (SSSR count). The van der Waals surface area contributed by atoms with E-state index in [-0.39, 0.29) is 11.9 Å². The molecule has 20 heavy (non-hydrogen) atoms. The fourth-order valence-corrected chi connectivity index (χ4v) is 1.77. The number of rotatable bonds is 4. The predicted octanol–water partition coefficient (Wildman–Crippen LogP) is 1.39. The van der Waals surface area contributed by atoms with Gasteiger partial charge in [0, 0.05) is 5.56 Å². The maximum Gasteiger partial charge on any atom is 0.253 e. The fourth-order valence-electron chi connectivity index (χ4n) is 1.77. The molecule has 0 aromatic heterocycles. The van der Waals surface area contributed by atoms with Gasteiger partial charge < -0.3 is 16.8 Å². The van der Waals surface area contributed by atoms with Crippen LogP contribution in [0, 0.1) is 0 Å². The van der Waals surface area contributed by atoms with Crippen molar-refractivity contribution >= 4 is 11.9 Å². The summed E-state index contributed by atoms with van der Waals surface area (Å²) >= 11 is 0. The van der Waals surface area contributed by atoms with E-state index in [2.05, 4.69) is 10.3 Å². The molecule has 0 aliphatic rings. The Hall–Kier alpha value is -2.82. The first-order valence-electron chi connectivity index (χ1n) is 6.16. The van der Waals surface area contributed by atoms with Crippen LogP contribution in [0.5, 0.6) is 0 Å². The van der Waals surface area contributed by atoms with Gasteiger partial charge in [0.2, 0.25) is 0 Å². The zero-order valence-corrected chi connectivity index (χ0v) is 10.9. The van der Waals surface area contributed by atoms with Crippen LogP contribution in [-0.2, 0) is 0 Å². The number of amides is 1. The predicted molar refractivity (Wildman–Crippen MR) is 78.9 cm³/mol. The van der Waals surface area contributed by atoms with Crippen molar-refractivity contribution in [1.29, 1.82) is 0 Å². The van der Waals surface area contributed by atoms with Crippen LogP contribution in [0.2, 0.25) is 0 Å². The molecule has 2 aromatic carbocycles. The Kier molecular flexibility index (Phi) is 4.34. The number of hydrogen-bond donors (Lipinski definition) is 3. The minimum absolute atomic E-state index is 0.0767. The van der Waals surface area contributed by atoms with Gasteiger partial charge in [0.1, 0.15) is 0 Å². The number of benzene rings is 2. The van der Waals surface area contributed by atoms with E-state index in [1.807, 2.05) is 36.4 Å². The second-order valence-corrected chi connectivity index (χ2v) is 4.21. The number of nitrogens with zero attached hydrogens (tertiary/aromatic N) is 1. The van der Waals surface area contributed by atoms with E-state index in [4.69, 9.17) is 11.5 Å². The number of carbonyl (C=O) groups is 1. The summed E-state index contributed by atoms with van der Waals surface area (Å²) in [7, 11) is 0. The van der Waals surface area contributed by atoms with E-state index in [1.165, 1.54) is 0 Å². The Morgan fingerprint density at radius 1 is 0.950 bits per heavy atom. The molecule has 0 aliphatic carbocycles. The van der Waals surface area contributed by atoms with Gasteiger partial charge in [-0.3, -0.25) is 4.79 Å². The summed E-state index contributed by atoms with van der Waals surface area (Å²) in [5, 5.41) is 2.79. The number of nitrogens with two attached hydrogens (primary N) is 2. The average Bonchev–Trinajstić information content (AvgIpc) is 2.48. The molecule has 1 atom stereocenters. The Bertz CT molecular complexity index is 592. The largest absolute Gasteiger partial charge is 0.370 e. The lowest BCUT2D eigenvalue weighted by Crippen LogP contribution is -2.31.